The van der Waals surface area contributed by atoms with E-state index in [0.29, 0.717) is 6.42 Å². The standard InChI is InChI=1S/C21H40O5S/c1-2-3-4-5-6-7-8-9-10-11-12-13-14-15-16-18-21(23)26-27(24,25)20-17-19-22/h9-10,22H,2-8,11-20H2,1H3/b10-9-. The van der Waals surface area contributed by atoms with Gasteiger partial charge >= 0.3 is 16.1 Å². The van der Waals surface area contributed by atoms with Crippen molar-refractivity contribution < 1.29 is 22.5 Å². The Morgan fingerprint density at radius 1 is 0.815 bits per heavy atom. The van der Waals surface area contributed by atoms with Crippen molar-refractivity contribution in [3.05, 3.63) is 12.2 Å². The van der Waals surface area contributed by atoms with Crippen molar-refractivity contribution in [1.29, 1.82) is 0 Å². The minimum atomic E-state index is -3.83. The van der Waals surface area contributed by atoms with Crippen molar-refractivity contribution in [2.45, 2.75) is 103 Å². The van der Waals surface area contributed by atoms with Crippen molar-refractivity contribution in [2.75, 3.05) is 12.4 Å². The quantitative estimate of drug-likeness (QED) is 0.180. The van der Waals surface area contributed by atoms with E-state index in [9.17, 15) is 13.2 Å². The van der Waals surface area contributed by atoms with E-state index in [1.807, 2.05) is 0 Å². The van der Waals surface area contributed by atoms with Gasteiger partial charge in [0.15, 0.2) is 0 Å². The maximum absolute atomic E-state index is 11.5. The molecule has 0 amide bonds. The van der Waals surface area contributed by atoms with Crippen LogP contribution in [0.5, 0.6) is 0 Å². The van der Waals surface area contributed by atoms with E-state index in [-0.39, 0.29) is 25.2 Å². The van der Waals surface area contributed by atoms with Crippen molar-refractivity contribution in [3.8, 4) is 0 Å². The third kappa shape index (κ3) is 19.7. The number of rotatable bonds is 19. The van der Waals surface area contributed by atoms with E-state index in [1.54, 1.807) is 0 Å². The summed E-state index contributed by atoms with van der Waals surface area (Å²) in [7, 11) is -3.83. The van der Waals surface area contributed by atoms with E-state index in [0.717, 1.165) is 32.1 Å². The van der Waals surface area contributed by atoms with Crippen molar-refractivity contribution in [1.82, 2.24) is 0 Å². The van der Waals surface area contributed by atoms with Crippen LogP contribution in [0.2, 0.25) is 0 Å². The van der Waals surface area contributed by atoms with Crippen molar-refractivity contribution >= 4 is 16.1 Å². The first-order chi connectivity index (χ1) is 13.0. The predicted octanol–water partition coefficient (Wildman–Crippen LogP) is 5.28. The second-order valence-corrected chi connectivity index (χ2v) is 8.82. The number of aliphatic hydroxyl groups is 1. The number of unbranched alkanes of at least 4 members (excludes halogenated alkanes) is 11. The fourth-order valence-corrected chi connectivity index (χ4v) is 3.74. The molecule has 0 bridgehead atoms. The molecule has 0 rings (SSSR count). The van der Waals surface area contributed by atoms with Gasteiger partial charge in [-0.05, 0) is 38.5 Å². The van der Waals surface area contributed by atoms with Gasteiger partial charge in [0, 0.05) is 13.0 Å². The Balaban J connectivity index is 3.42. The molecule has 0 aromatic carbocycles. The molecule has 0 aliphatic carbocycles. The maximum Gasteiger partial charge on any atom is 0.322 e. The Bertz CT molecular complexity index is 471. The zero-order chi connectivity index (χ0) is 20.2. The molecule has 0 unspecified atom stereocenters. The molecule has 0 aliphatic rings. The van der Waals surface area contributed by atoms with Crippen LogP contribution < -0.4 is 0 Å². The molecule has 0 fully saturated rings. The zero-order valence-corrected chi connectivity index (χ0v) is 18.0. The van der Waals surface area contributed by atoms with Gasteiger partial charge in [0.2, 0.25) is 0 Å². The summed E-state index contributed by atoms with van der Waals surface area (Å²) in [6.07, 6.45) is 20.0. The molecule has 0 saturated heterocycles. The molecule has 0 saturated carbocycles. The highest BCUT2D eigenvalue weighted by molar-refractivity contribution is 7.87. The van der Waals surface area contributed by atoms with Crippen molar-refractivity contribution in [3.63, 3.8) is 0 Å². The topological polar surface area (TPSA) is 80.7 Å². The summed E-state index contributed by atoms with van der Waals surface area (Å²) in [6.45, 7) is 2.01. The second kappa shape index (κ2) is 18.5. The van der Waals surface area contributed by atoms with Crippen LogP contribution in [0.3, 0.4) is 0 Å². The van der Waals surface area contributed by atoms with Gasteiger partial charge in [-0.25, -0.2) is 0 Å². The van der Waals surface area contributed by atoms with E-state index in [1.165, 1.54) is 44.9 Å². The molecule has 0 heterocycles. The first kappa shape index (κ1) is 26.1. The molecule has 0 radical (unpaired) electrons. The van der Waals surface area contributed by atoms with Crippen molar-refractivity contribution in [2.24, 2.45) is 0 Å². The summed E-state index contributed by atoms with van der Waals surface area (Å²) >= 11 is 0. The summed E-state index contributed by atoms with van der Waals surface area (Å²) in [4.78, 5) is 11.5. The Labute approximate surface area is 166 Å². The average Bonchev–Trinajstić information content (AvgIpc) is 2.63. The molecule has 27 heavy (non-hydrogen) atoms. The summed E-state index contributed by atoms with van der Waals surface area (Å²) in [5, 5.41) is 8.61. The van der Waals surface area contributed by atoms with Gasteiger partial charge in [-0.1, -0.05) is 70.4 Å². The first-order valence-corrected chi connectivity index (χ1v) is 12.3. The lowest BCUT2D eigenvalue weighted by Crippen LogP contribution is -2.16. The van der Waals surface area contributed by atoms with Crippen LogP contribution in [0, 0.1) is 0 Å². The largest absolute Gasteiger partial charge is 0.396 e. The molecule has 5 nitrogen and oxygen atoms in total. The minimum Gasteiger partial charge on any atom is -0.396 e. The lowest BCUT2D eigenvalue weighted by Gasteiger charge is -2.05. The van der Waals surface area contributed by atoms with Crippen LogP contribution in [-0.2, 0) is 19.1 Å². The Hall–Kier alpha value is -0.880. The number of hydrogen-bond acceptors (Lipinski definition) is 5. The van der Waals surface area contributed by atoms with Gasteiger partial charge in [-0.2, -0.15) is 8.42 Å². The monoisotopic (exact) mass is 404 g/mol. The van der Waals surface area contributed by atoms with E-state index in [2.05, 4.69) is 23.3 Å². The van der Waals surface area contributed by atoms with E-state index < -0.39 is 16.1 Å². The molecule has 6 heteroatoms. The number of carbonyl (C=O) groups excluding carboxylic acids is 1. The fraction of sp³-hybridized carbons (Fsp3) is 0.857. The van der Waals surface area contributed by atoms with Gasteiger partial charge in [0.1, 0.15) is 0 Å². The molecule has 0 spiro atoms. The normalized spacial score (nSPS) is 11.9. The van der Waals surface area contributed by atoms with Gasteiger partial charge < -0.3 is 9.29 Å². The minimum absolute atomic E-state index is 0.0863. The molecule has 0 atom stereocenters. The van der Waals surface area contributed by atoms with E-state index in [4.69, 9.17) is 5.11 Å². The average molecular weight is 405 g/mol. The Kier molecular flexibility index (Phi) is 17.9. The molecule has 0 aromatic heterocycles. The van der Waals surface area contributed by atoms with Crippen LogP contribution in [0.15, 0.2) is 12.2 Å². The molecule has 160 valence electrons. The summed E-state index contributed by atoms with van der Waals surface area (Å²) in [5.74, 6) is -1.01. The van der Waals surface area contributed by atoms with Crippen LogP contribution >= 0.6 is 0 Å². The lowest BCUT2D eigenvalue weighted by atomic mass is 10.1. The van der Waals surface area contributed by atoms with Gasteiger partial charge in [0.05, 0.1) is 5.75 Å². The lowest BCUT2D eigenvalue weighted by molar-refractivity contribution is -0.133. The van der Waals surface area contributed by atoms with Crippen LogP contribution in [0.1, 0.15) is 103 Å². The fourth-order valence-electron chi connectivity index (χ4n) is 2.81. The summed E-state index contributed by atoms with van der Waals surface area (Å²) in [6, 6.07) is 0. The van der Waals surface area contributed by atoms with Crippen LogP contribution in [0.4, 0.5) is 0 Å². The van der Waals surface area contributed by atoms with Crippen LogP contribution in [-0.4, -0.2) is 31.9 Å². The second-order valence-electron chi connectivity index (χ2n) is 7.13. The zero-order valence-electron chi connectivity index (χ0n) is 17.2. The van der Waals surface area contributed by atoms with Gasteiger partial charge in [0.25, 0.3) is 0 Å². The third-order valence-corrected chi connectivity index (χ3v) is 5.64. The highest BCUT2D eigenvalue weighted by Gasteiger charge is 2.16. The molecule has 1 N–H and O–H groups in total. The number of carbonyl (C=O) groups is 1. The maximum atomic E-state index is 11.5. The van der Waals surface area contributed by atoms with Gasteiger partial charge in [-0.15, -0.1) is 0 Å². The number of allylic oxidation sites excluding steroid dienone is 2. The highest BCUT2D eigenvalue weighted by Crippen LogP contribution is 2.11. The molecular weight excluding hydrogens is 364 g/mol. The summed E-state index contributed by atoms with van der Waals surface area (Å²) in [5.41, 5.74) is 0. The predicted molar refractivity (Wildman–Crippen MR) is 111 cm³/mol. The van der Waals surface area contributed by atoms with Crippen LogP contribution in [0.25, 0.3) is 0 Å². The smallest absolute Gasteiger partial charge is 0.322 e. The first-order valence-electron chi connectivity index (χ1n) is 10.7. The molecule has 0 aromatic rings. The highest BCUT2D eigenvalue weighted by atomic mass is 32.2. The molecular formula is C21H40O5S. The third-order valence-electron chi connectivity index (χ3n) is 4.42. The summed E-state index contributed by atoms with van der Waals surface area (Å²) < 4.78 is 27.3. The van der Waals surface area contributed by atoms with Gasteiger partial charge in [-0.3, -0.25) is 4.79 Å². The van der Waals surface area contributed by atoms with E-state index >= 15 is 0 Å². The Morgan fingerprint density at radius 2 is 1.33 bits per heavy atom. The SMILES string of the molecule is CCCCCCCC/C=C\CCCCCCCC(=O)OS(=O)(=O)CCCO. The number of hydrogen-bond donors (Lipinski definition) is 1. The molecule has 0 aliphatic heterocycles. The number of aliphatic hydroxyl groups excluding tert-OH is 1. The Morgan fingerprint density at radius 3 is 1.89 bits per heavy atom.